The van der Waals surface area contributed by atoms with Crippen molar-refractivity contribution in [3.63, 3.8) is 0 Å². The molecule has 0 heterocycles. The van der Waals surface area contributed by atoms with E-state index in [9.17, 15) is 9.59 Å². The molecule has 0 aliphatic carbocycles. The molecule has 0 spiro atoms. The Balaban J connectivity index is 2.43. The molecule has 0 saturated carbocycles. The van der Waals surface area contributed by atoms with Crippen molar-refractivity contribution < 1.29 is 14.3 Å². The van der Waals surface area contributed by atoms with E-state index in [1.54, 1.807) is 12.1 Å². The Bertz CT molecular complexity index is 420. The average molecular weight is 285 g/mol. The lowest BCUT2D eigenvalue weighted by molar-refractivity contribution is -0.140. The first kappa shape index (κ1) is 15.3. The van der Waals surface area contributed by atoms with Gasteiger partial charge in [0.15, 0.2) is 0 Å². The van der Waals surface area contributed by atoms with E-state index < -0.39 is 0 Å². The summed E-state index contributed by atoms with van der Waals surface area (Å²) in [5.41, 5.74) is 1.70. The molecule has 1 rings (SSSR count). The van der Waals surface area contributed by atoms with Gasteiger partial charge >= 0.3 is 12.0 Å². The predicted molar refractivity (Wildman–Crippen MR) is 74.5 cm³/mol. The molecule has 0 unspecified atom stereocenters. The quantitative estimate of drug-likeness (QED) is 0.621. The van der Waals surface area contributed by atoms with Gasteiger partial charge in [0.1, 0.15) is 0 Å². The van der Waals surface area contributed by atoms with Gasteiger partial charge in [0.05, 0.1) is 7.11 Å². The molecule has 0 aliphatic rings. The van der Waals surface area contributed by atoms with Gasteiger partial charge in [-0.25, -0.2) is 4.79 Å². The average Bonchev–Trinajstić information content (AvgIpc) is 2.44. The number of esters is 1. The number of amides is 2. The molecular weight excluding hydrogens is 268 g/mol. The Hall–Kier alpha value is -1.75. The van der Waals surface area contributed by atoms with Crippen LogP contribution >= 0.6 is 11.6 Å². The molecule has 2 N–H and O–H groups in total. The molecule has 0 atom stereocenters. The number of anilines is 1. The number of urea groups is 1. The summed E-state index contributed by atoms with van der Waals surface area (Å²) in [5, 5.41) is 5.28. The van der Waals surface area contributed by atoms with Crippen LogP contribution in [0, 0.1) is 0 Å². The summed E-state index contributed by atoms with van der Waals surface area (Å²) in [6.45, 7) is 0.421. The monoisotopic (exact) mass is 284 g/mol. The van der Waals surface area contributed by atoms with Crippen molar-refractivity contribution in [1.82, 2.24) is 5.32 Å². The Kier molecular flexibility index (Phi) is 6.74. The lowest BCUT2D eigenvalue weighted by Gasteiger charge is -2.07. The van der Waals surface area contributed by atoms with Crippen molar-refractivity contribution >= 4 is 29.3 Å². The molecule has 19 heavy (non-hydrogen) atoms. The lowest BCUT2D eigenvalue weighted by Crippen LogP contribution is -2.30. The highest BCUT2D eigenvalue weighted by Gasteiger charge is 2.03. The first-order valence-electron chi connectivity index (χ1n) is 5.92. The fourth-order valence-electron chi connectivity index (χ4n) is 1.44. The number of aryl methyl sites for hydroxylation is 1. The van der Waals surface area contributed by atoms with Crippen LogP contribution in [0.25, 0.3) is 0 Å². The lowest BCUT2D eigenvalue weighted by atomic mass is 10.1. The standard InChI is InChI=1S/C13H17ClN2O3/c1-19-12(17)7-4-10-2-5-11(6-3-10)16-13(18)15-9-8-14/h2-3,5-6H,4,7-9H2,1H3,(H2,15,16,18). The van der Waals surface area contributed by atoms with Crippen molar-refractivity contribution in [2.75, 3.05) is 24.9 Å². The zero-order valence-electron chi connectivity index (χ0n) is 10.7. The normalized spacial score (nSPS) is 9.79. The summed E-state index contributed by atoms with van der Waals surface area (Å²) in [5.74, 6) is 0.141. The summed E-state index contributed by atoms with van der Waals surface area (Å²) in [6.07, 6.45) is 0.963. The van der Waals surface area contributed by atoms with Gasteiger partial charge in [-0.1, -0.05) is 12.1 Å². The molecule has 5 nitrogen and oxygen atoms in total. The SMILES string of the molecule is COC(=O)CCc1ccc(NC(=O)NCCCl)cc1. The third-order valence-corrected chi connectivity index (χ3v) is 2.63. The number of hydrogen-bond donors (Lipinski definition) is 2. The summed E-state index contributed by atoms with van der Waals surface area (Å²) in [6, 6.07) is 7.00. The maximum absolute atomic E-state index is 11.4. The highest BCUT2D eigenvalue weighted by atomic mass is 35.5. The predicted octanol–water partition coefficient (Wildman–Crippen LogP) is 2.15. The fourth-order valence-corrected chi connectivity index (χ4v) is 1.53. The number of hydrogen-bond acceptors (Lipinski definition) is 3. The van der Waals surface area contributed by atoms with E-state index in [0.29, 0.717) is 31.0 Å². The Morgan fingerprint density at radius 3 is 2.53 bits per heavy atom. The van der Waals surface area contributed by atoms with E-state index in [1.165, 1.54) is 7.11 Å². The van der Waals surface area contributed by atoms with Crippen LogP contribution in [0.3, 0.4) is 0 Å². The Labute approximate surface area is 117 Å². The zero-order chi connectivity index (χ0) is 14.1. The van der Waals surface area contributed by atoms with Crippen LogP contribution in [-0.2, 0) is 16.0 Å². The van der Waals surface area contributed by atoms with Crippen molar-refractivity contribution in [2.45, 2.75) is 12.8 Å². The number of alkyl halides is 1. The van der Waals surface area contributed by atoms with Gasteiger partial charge in [-0.3, -0.25) is 4.79 Å². The van der Waals surface area contributed by atoms with Crippen LogP contribution in [0.1, 0.15) is 12.0 Å². The molecular formula is C13H17ClN2O3. The minimum atomic E-state index is -0.289. The smallest absolute Gasteiger partial charge is 0.319 e. The number of nitrogens with one attached hydrogen (secondary N) is 2. The molecule has 1 aromatic rings. The van der Waals surface area contributed by atoms with Crippen molar-refractivity contribution in [3.05, 3.63) is 29.8 Å². The van der Waals surface area contributed by atoms with Crippen molar-refractivity contribution in [2.24, 2.45) is 0 Å². The van der Waals surface area contributed by atoms with Gasteiger partial charge in [0.25, 0.3) is 0 Å². The molecule has 1 aromatic carbocycles. The second-order valence-corrected chi connectivity index (χ2v) is 4.22. The molecule has 0 saturated heterocycles. The fraction of sp³-hybridized carbons (Fsp3) is 0.385. The second-order valence-electron chi connectivity index (χ2n) is 3.84. The van der Waals surface area contributed by atoms with Crippen LogP contribution < -0.4 is 10.6 Å². The van der Waals surface area contributed by atoms with Crippen LogP contribution in [0.5, 0.6) is 0 Å². The zero-order valence-corrected chi connectivity index (χ0v) is 11.5. The Morgan fingerprint density at radius 2 is 1.95 bits per heavy atom. The molecule has 0 fully saturated rings. The first-order valence-corrected chi connectivity index (χ1v) is 6.45. The van der Waals surface area contributed by atoms with E-state index in [1.807, 2.05) is 12.1 Å². The first-order chi connectivity index (χ1) is 9.15. The van der Waals surface area contributed by atoms with E-state index in [2.05, 4.69) is 15.4 Å². The molecule has 104 valence electrons. The maximum Gasteiger partial charge on any atom is 0.319 e. The topological polar surface area (TPSA) is 67.4 Å². The van der Waals surface area contributed by atoms with E-state index in [0.717, 1.165) is 5.56 Å². The van der Waals surface area contributed by atoms with E-state index >= 15 is 0 Å². The minimum absolute atomic E-state index is 0.234. The van der Waals surface area contributed by atoms with Gasteiger partial charge in [0.2, 0.25) is 0 Å². The summed E-state index contributed by atoms with van der Waals surface area (Å²) in [4.78, 5) is 22.4. The third kappa shape index (κ3) is 6.10. The van der Waals surface area contributed by atoms with Gasteiger partial charge < -0.3 is 15.4 Å². The van der Waals surface area contributed by atoms with E-state index in [4.69, 9.17) is 11.6 Å². The van der Waals surface area contributed by atoms with Gasteiger partial charge in [-0.05, 0) is 24.1 Å². The second kappa shape index (κ2) is 8.37. The summed E-state index contributed by atoms with van der Waals surface area (Å²) >= 11 is 5.46. The van der Waals surface area contributed by atoms with Crippen LogP contribution in [0.15, 0.2) is 24.3 Å². The number of benzene rings is 1. The van der Waals surface area contributed by atoms with E-state index in [-0.39, 0.29) is 12.0 Å². The number of carbonyl (C=O) groups is 2. The van der Waals surface area contributed by atoms with Gasteiger partial charge in [0, 0.05) is 24.5 Å². The minimum Gasteiger partial charge on any atom is -0.469 e. The molecule has 0 bridgehead atoms. The summed E-state index contributed by atoms with van der Waals surface area (Å²) < 4.78 is 4.57. The number of rotatable bonds is 6. The molecule has 0 radical (unpaired) electrons. The number of halogens is 1. The van der Waals surface area contributed by atoms with Crippen LogP contribution in [0.2, 0.25) is 0 Å². The summed E-state index contributed by atoms with van der Waals surface area (Å²) in [7, 11) is 1.37. The highest BCUT2D eigenvalue weighted by molar-refractivity contribution is 6.18. The molecule has 0 aliphatic heterocycles. The largest absolute Gasteiger partial charge is 0.469 e. The van der Waals surface area contributed by atoms with Crippen LogP contribution in [0.4, 0.5) is 10.5 Å². The van der Waals surface area contributed by atoms with Crippen LogP contribution in [-0.4, -0.2) is 31.5 Å². The maximum atomic E-state index is 11.4. The number of ether oxygens (including phenoxy) is 1. The van der Waals surface area contributed by atoms with Crippen molar-refractivity contribution in [3.8, 4) is 0 Å². The number of carbonyl (C=O) groups excluding carboxylic acids is 2. The van der Waals surface area contributed by atoms with Gasteiger partial charge in [-0.2, -0.15) is 0 Å². The highest BCUT2D eigenvalue weighted by Crippen LogP contribution is 2.11. The molecule has 2 amide bonds. The van der Waals surface area contributed by atoms with Gasteiger partial charge in [-0.15, -0.1) is 11.6 Å². The van der Waals surface area contributed by atoms with Crippen molar-refractivity contribution in [1.29, 1.82) is 0 Å². The molecule has 6 heteroatoms. The Morgan fingerprint density at radius 1 is 1.26 bits per heavy atom. The third-order valence-electron chi connectivity index (χ3n) is 2.44. The number of methoxy groups -OCH3 is 1. The molecule has 0 aromatic heterocycles.